The van der Waals surface area contributed by atoms with E-state index >= 15 is 0 Å². The molecule has 0 aromatic rings. The molecular formula is C8H9F3N2O3S2. The van der Waals surface area contributed by atoms with Crippen LogP contribution in [-0.4, -0.2) is 47.1 Å². The molecule has 0 fully saturated rings. The van der Waals surface area contributed by atoms with E-state index in [0.29, 0.717) is 0 Å². The first-order chi connectivity index (χ1) is 8.05. The minimum atomic E-state index is -5.02. The Morgan fingerprint density at radius 3 is 2.72 bits per heavy atom. The zero-order valence-corrected chi connectivity index (χ0v) is 10.7. The van der Waals surface area contributed by atoms with Crippen molar-refractivity contribution in [3.8, 4) is 0 Å². The van der Waals surface area contributed by atoms with E-state index in [9.17, 15) is 26.7 Å². The number of thioether (sulfide) groups is 1. The lowest BCUT2D eigenvalue weighted by molar-refractivity contribution is -0.262. The average molecular weight is 302 g/mol. The largest absolute Gasteiger partial charge is 0.438 e. The van der Waals surface area contributed by atoms with E-state index in [1.54, 1.807) is 0 Å². The smallest absolute Gasteiger partial charge is 0.362 e. The predicted molar refractivity (Wildman–Crippen MR) is 60.3 cm³/mol. The Labute approximate surface area is 105 Å². The summed E-state index contributed by atoms with van der Waals surface area (Å²) in [5, 5.41) is 9.32. The molecule has 0 aromatic heterocycles. The van der Waals surface area contributed by atoms with Crippen molar-refractivity contribution in [2.75, 3.05) is 6.26 Å². The molecule has 1 N–H and O–H groups in total. The van der Waals surface area contributed by atoms with Crippen LogP contribution in [0, 0.1) is 0 Å². The number of amidine groups is 1. The van der Waals surface area contributed by atoms with Gasteiger partial charge in [0.2, 0.25) is 0 Å². The number of aliphatic imine (C=N–C) groups is 1. The lowest BCUT2D eigenvalue weighted by atomic mass is 10.1. The molecule has 0 unspecified atom stereocenters. The molecule has 0 radical (unpaired) electrons. The monoisotopic (exact) mass is 302 g/mol. The Kier molecular flexibility index (Phi) is 2.95. The van der Waals surface area contributed by atoms with Crippen LogP contribution in [0.5, 0.6) is 0 Å². The van der Waals surface area contributed by atoms with Crippen molar-refractivity contribution in [1.82, 2.24) is 4.90 Å². The highest BCUT2D eigenvalue weighted by Gasteiger charge is 2.59. The quantitative estimate of drug-likeness (QED) is 0.779. The van der Waals surface area contributed by atoms with Crippen LogP contribution in [0.25, 0.3) is 0 Å². The topological polar surface area (TPSA) is 70.0 Å². The van der Waals surface area contributed by atoms with Crippen LogP contribution < -0.4 is 0 Å². The summed E-state index contributed by atoms with van der Waals surface area (Å²) < 4.78 is 61.3. The summed E-state index contributed by atoms with van der Waals surface area (Å²) in [6.45, 7) is 0. The molecule has 10 heteroatoms. The van der Waals surface area contributed by atoms with Gasteiger partial charge in [0.05, 0.1) is 0 Å². The summed E-state index contributed by atoms with van der Waals surface area (Å²) in [6, 6.07) is 0. The molecule has 0 bridgehead atoms. The maximum Gasteiger partial charge on any atom is 0.438 e. The fourth-order valence-electron chi connectivity index (χ4n) is 1.67. The van der Waals surface area contributed by atoms with E-state index in [2.05, 4.69) is 4.99 Å². The van der Waals surface area contributed by atoms with E-state index in [1.165, 1.54) is 11.6 Å². The fourth-order valence-corrected chi connectivity index (χ4v) is 3.68. The van der Waals surface area contributed by atoms with Crippen LogP contribution in [0.2, 0.25) is 0 Å². The van der Waals surface area contributed by atoms with Gasteiger partial charge in [-0.2, -0.15) is 13.2 Å². The number of sulfone groups is 1. The van der Waals surface area contributed by atoms with E-state index in [-0.39, 0.29) is 5.17 Å². The summed E-state index contributed by atoms with van der Waals surface area (Å²) in [5.74, 6) is 0. The molecule has 0 amide bonds. The van der Waals surface area contributed by atoms with Crippen molar-refractivity contribution in [3.63, 3.8) is 0 Å². The van der Waals surface area contributed by atoms with E-state index in [1.807, 2.05) is 0 Å². The summed E-state index contributed by atoms with van der Waals surface area (Å²) in [6.07, 6.45) is -3.89. The van der Waals surface area contributed by atoms with Crippen LogP contribution in [-0.2, 0) is 9.84 Å². The second-order valence-corrected chi connectivity index (χ2v) is 7.08. The van der Waals surface area contributed by atoms with Gasteiger partial charge >= 0.3 is 6.18 Å². The highest BCUT2D eigenvalue weighted by molar-refractivity contribution is 8.16. The van der Waals surface area contributed by atoms with Crippen LogP contribution in [0.15, 0.2) is 16.6 Å². The van der Waals surface area contributed by atoms with Crippen LogP contribution >= 0.6 is 11.8 Å². The highest BCUT2D eigenvalue weighted by Crippen LogP contribution is 2.43. The number of nitrogens with zero attached hydrogens (tertiary/aromatic N) is 2. The summed E-state index contributed by atoms with van der Waals surface area (Å²) >= 11 is 0.835. The maximum absolute atomic E-state index is 12.7. The molecule has 0 aromatic carbocycles. The van der Waals surface area contributed by atoms with Gasteiger partial charge in [-0.3, -0.25) is 0 Å². The van der Waals surface area contributed by atoms with Crippen LogP contribution in [0.4, 0.5) is 13.2 Å². The maximum atomic E-state index is 12.7. The van der Waals surface area contributed by atoms with Crippen LogP contribution in [0.3, 0.4) is 0 Å². The fraction of sp³-hybridized carbons (Fsp3) is 0.625. The second-order valence-electron chi connectivity index (χ2n) is 4.01. The predicted octanol–water partition coefficient (Wildman–Crippen LogP) is 0.888. The third-order valence-electron chi connectivity index (χ3n) is 2.61. The molecule has 2 atom stereocenters. The van der Waals surface area contributed by atoms with Crippen molar-refractivity contribution in [2.45, 2.75) is 23.7 Å². The first kappa shape index (κ1) is 13.7. The van der Waals surface area contributed by atoms with Gasteiger partial charge in [-0.05, 0) is 5.41 Å². The Bertz CT molecular complexity index is 528. The van der Waals surface area contributed by atoms with Gasteiger partial charge in [0.25, 0.3) is 5.72 Å². The first-order valence-corrected chi connectivity index (χ1v) is 7.57. The Hall–Kier alpha value is -0.740. The Balaban J connectivity index is 2.50. The van der Waals surface area contributed by atoms with Crippen molar-refractivity contribution in [3.05, 3.63) is 11.6 Å². The molecular weight excluding hydrogens is 293 g/mol. The van der Waals surface area contributed by atoms with Gasteiger partial charge in [-0.15, -0.1) is 0 Å². The van der Waals surface area contributed by atoms with Crippen molar-refractivity contribution in [1.29, 1.82) is 0 Å². The van der Waals surface area contributed by atoms with E-state index in [0.717, 1.165) is 22.9 Å². The molecule has 2 aliphatic heterocycles. The van der Waals surface area contributed by atoms with E-state index < -0.39 is 33.5 Å². The number of halogens is 3. The number of aliphatic hydroxyl groups is 1. The molecule has 2 aliphatic rings. The zero-order valence-electron chi connectivity index (χ0n) is 9.05. The molecule has 2 heterocycles. The Morgan fingerprint density at radius 1 is 1.61 bits per heavy atom. The standard InChI is InChI=1S/C8H9F3N2O3S2/c1-18(15,16)5-4-7(14,8(9,10)11)12-6-13(5)2-3-17-6/h2-3,5,14H,4H2,1H3/t5-,7-/m1/s1. The molecule has 0 saturated carbocycles. The lowest BCUT2D eigenvalue weighted by Gasteiger charge is -2.38. The number of alkyl halides is 3. The van der Waals surface area contributed by atoms with Gasteiger partial charge in [-0.25, -0.2) is 13.4 Å². The molecule has 0 aliphatic carbocycles. The minimum Gasteiger partial charge on any atom is -0.362 e. The highest BCUT2D eigenvalue weighted by atomic mass is 32.2. The van der Waals surface area contributed by atoms with Gasteiger partial charge in [0.15, 0.2) is 15.0 Å². The first-order valence-electron chi connectivity index (χ1n) is 4.74. The molecule has 0 saturated heterocycles. The van der Waals surface area contributed by atoms with Crippen LogP contribution in [0.1, 0.15) is 6.42 Å². The van der Waals surface area contributed by atoms with Crippen molar-refractivity contribution < 1.29 is 26.7 Å². The number of rotatable bonds is 1. The van der Waals surface area contributed by atoms with Gasteiger partial charge in [0.1, 0.15) is 5.37 Å². The SMILES string of the molecule is CS(=O)(=O)[C@@H]1C[C@@](O)(C(F)(F)F)N=C2SC=CN21. The molecule has 0 spiro atoms. The molecule has 2 rings (SSSR count). The summed E-state index contributed by atoms with van der Waals surface area (Å²) in [5.41, 5.74) is -3.36. The molecule has 5 nitrogen and oxygen atoms in total. The Morgan fingerprint density at radius 2 is 2.22 bits per heavy atom. The van der Waals surface area contributed by atoms with E-state index in [4.69, 9.17) is 0 Å². The summed E-state index contributed by atoms with van der Waals surface area (Å²) in [4.78, 5) is 4.35. The van der Waals surface area contributed by atoms with Gasteiger partial charge in [0, 0.05) is 18.9 Å². The van der Waals surface area contributed by atoms with Gasteiger partial charge in [-0.1, -0.05) is 11.8 Å². The van der Waals surface area contributed by atoms with Crippen molar-refractivity contribution >= 4 is 26.8 Å². The third kappa shape index (κ3) is 2.12. The molecule has 102 valence electrons. The lowest BCUT2D eigenvalue weighted by Crippen LogP contribution is -2.55. The van der Waals surface area contributed by atoms with Crippen molar-refractivity contribution in [2.24, 2.45) is 4.99 Å². The number of hydrogen-bond donors (Lipinski definition) is 1. The minimum absolute atomic E-state index is 0.170. The third-order valence-corrected chi connectivity index (χ3v) is 4.77. The number of fused-ring (bicyclic) bond motifs is 1. The second kappa shape index (κ2) is 3.87. The number of hydrogen-bond acceptors (Lipinski definition) is 6. The normalized spacial score (nSPS) is 32.4. The summed E-state index contributed by atoms with van der Waals surface area (Å²) in [7, 11) is -3.79. The van der Waals surface area contributed by atoms with Gasteiger partial charge < -0.3 is 10.0 Å². The average Bonchev–Trinajstić information content (AvgIpc) is 2.60. The molecule has 18 heavy (non-hydrogen) atoms. The zero-order chi connectivity index (χ0) is 13.8.